The Morgan fingerprint density at radius 2 is 1.70 bits per heavy atom. The van der Waals surface area contributed by atoms with Gasteiger partial charge >= 0.3 is 0 Å². The number of rotatable bonds is 7. The Morgan fingerprint density at radius 1 is 1.03 bits per heavy atom. The summed E-state index contributed by atoms with van der Waals surface area (Å²) in [5, 5.41) is 7.01. The van der Waals surface area contributed by atoms with Crippen LogP contribution in [0.2, 0.25) is 0 Å². The van der Waals surface area contributed by atoms with Crippen LogP contribution in [-0.2, 0) is 11.3 Å². The first-order valence-corrected chi connectivity index (χ1v) is 9.76. The van der Waals surface area contributed by atoms with Crippen LogP contribution >= 0.6 is 0 Å². The summed E-state index contributed by atoms with van der Waals surface area (Å²) in [4.78, 5) is 26.2. The molecule has 1 aromatic heterocycles. The first-order valence-electron chi connectivity index (χ1n) is 9.76. The molecule has 30 heavy (non-hydrogen) atoms. The van der Waals surface area contributed by atoms with Gasteiger partial charge < -0.3 is 15.0 Å². The number of benzene rings is 2. The second-order valence-corrected chi connectivity index (χ2v) is 7.43. The number of ether oxygens (including phenoxy) is 1. The number of nitrogens with one attached hydrogen (secondary N) is 1. The molecular formula is C23H26N4O3. The molecule has 0 saturated heterocycles. The quantitative estimate of drug-likeness (QED) is 0.640. The van der Waals surface area contributed by atoms with Gasteiger partial charge in [0.1, 0.15) is 18.0 Å². The van der Waals surface area contributed by atoms with E-state index < -0.39 is 0 Å². The van der Waals surface area contributed by atoms with Crippen LogP contribution in [0.25, 0.3) is 0 Å². The van der Waals surface area contributed by atoms with Crippen LogP contribution < -0.4 is 10.1 Å². The Bertz CT molecular complexity index is 1040. The maximum atomic E-state index is 12.9. The molecule has 1 heterocycles. The van der Waals surface area contributed by atoms with Crippen LogP contribution in [0.5, 0.6) is 11.5 Å². The van der Waals surface area contributed by atoms with E-state index in [2.05, 4.69) is 24.3 Å². The maximum absolute atomic E-state index is 12.9. The zero-order valence-electron chi connectivity index (χ0n) is 17.6. The summed E-state index contributed by atoms with van der Waals surface area (Å²) in [5.74, 6) is 1.42. The molecule has 1 N–H and O–H groups in total. The smallest absolute Gasteiger partial charge is 0.260 e. The standard InChI is InChI=1S/C23H26N4O3/c1-16(2)17-9-5-7-11-19(17)30-20-12-8-6-10-18(20)23(29)24-21-13-14-27(25-21)15-22(28)26(3)4/h5-14,16H,15H2,1-4H3,(H,24,25,29). The van der Waals surface area contributed by atoms with E-state index in [-0.39, 0.29) is 24.3 Å². The van der Waals surface area contributed by atoms with E-state index in [4.69, 9.17) is 4.74 Å². The van der Waals surface area contributed by atoms with Gasteiger partial charge in [-0.1, -0.05) is 44.2 Å². The minimum Gasteiger partial charge on any atom is -0.456 e. The highest BCUT2D eigenvalue weighted by Gasteiger charge is 2.16. The van der Waals surface area contributed by atoms with E-state index in [9.17, 15) is 9.59 Å². The highest BCUT2D eigenvalue weighted by molar-refractivity contribution is 6.05. The van der Waals surface area contributed by atoms with Crippen molar-refractivity contribution in [1.82, 2.24) is 14.7 Å². The number of para-hydroxylation sites is 2. The third-order valence-corrected chi connectivity index (χ3v) is 4.57. The lowest BCUT2D eigenvalue weighted by atomic mass is 10.0. The molecule has 0 aliphatic carbocycles. The summed E-state index contributed by atoms with van der Waals surface area (Å²) in [6.45, 7) is 4.30. The van der Waals surface area contributed by atoms with Crippen molar-refractivity contribution < 1.29 is 14.3 Å². The number of likely N-dealkylation sites (N-methyl/N-ethyl adjacent to an activating group) is 1. The predicted octanol–water partition coefficient (Wildman–Crippen LogP) is 4.14. The zero-order chi connectivity index (χ0) is 21.7. The fourth-order valence-corrected chi connectivity index (χ4v) is 2.89. The molecule has 156 valence electrons. The van der Waals surface area contributed by atoms with Gasteiger partial charge in [0, 0.05) is 26.4 Å². The third-order valence-electron chi connectivity index (χ3n) is 4.57. The number of amides is 2. The summed E-state index contributed by atoms with van der Waals surface area (Å²) in [7, 11) is 3.37. The summed E-state index contributed by atoms with van der Waals surface area (Å²) in [5.41, 5.74) is 1.46. The van der Waals surface area contributed by atoms with Crippen molar-refractivity contribution in [2.75, 3.05) is 19.4 Å². The van der Waals surface area contributed by atoms with Gasteiger partial charge in [-0.05, 0) is 29.7 Å². The highest BCUT2D eigenvalue weighted by Crippen LogP contribution is 2.32. The molecule has 0 bridgehead atoms. The van der Waals surface area contributed by atoms with E-state index in [1.54, 1.807) is 44.6 Å². The summed E-state index contributed by atoms with van der Waals surface area (Å²) >= 11 is 0. The zero-order valence-corrected chi connectivity index (χ0v) is 17.6. The Labute approximate surface area is 176 Å². The third kappa shape index (κ3) is 5.05. The topological polar surface area (TPSA) is 76.5 Å². The lowest BCUT2D eigenvalue weighted by Crippen LogP contribution is -2.26. The molecule has 0 aliphatic heterocycles. The van der Waals surface area contributed by atoms with Crippen LogP contribution in [0.15, 0.2) is 60.8 Å². The molecule has 3 rings (SSSR count). The van der Waals surface area contributed by atoms with Gasteiger partial charge in [0.2, 0.25) is 5.91 Å². The van der Waals surface area contributed by atoms with Crippen molar-refractivity contribution in [1.29, 1.82) is 0 Å². The minimum atomic E-state index is -0.336. The van der Waals surface area contributed by atoms with Gasteiger partial charge in [-0.3, -0.25) is 14.3 Å². The van der Waals surface area contributed by atoms with Crippen molar-refractivity contribution in [3.8, 4) is 11.5 Å². The first kappa shape index (κ1) is 21.1. The van der Waals surface area contributed by atoms with Gasteiger partial charge in [0.05, 0.1) is 5.56 Å². The molecule has 0 saturated carbocycles. The van der Waals surface area contributed by atoms with Crippen molar-refractivity contribution in [2.24, 2.45) is 0 Å². The van der Waals surface area contributed by atoms with Gasteiger partial charge in [0.15, 0.2) is 5.82 Å². The number of carbonyl (C=O) groups excluding carboxylic acids is 2. The fourth-order valence-electron chi connectivity index (χ4n) is 2.89. The van der Waals surface area contributed by atoms with E-state index in [1.807, 2.05) is 30.3 Å². The number of nitrogens with zero attached hydrogens (tertiary/aromatic N) is 3. The Hall–Kier alpha value is -3.61. The van der Waals surface area contributed by atoms with Gasteiger partial charge in [-0.25, -0.2) is 0 Å². The second-order valence-electron chi connectivity index (χ2n) is 7.43. The number of aromatic nitrogens is 2. The van der Waals surface area contributed by atoms with Gasteiger partial charge in [-0.2, -0.15) is 5.10 Å². The molecule has 0 aliphatic rings. The second kappa shape index (κ2) is 9.26. The average molecular weight is 406 g/mol. The van der Waals surface area contributed by atoms with E-state index in [1.165, 1.54) is 9.58 Å². The van der Waals surface area contributed by atoms with Crippen LogP contribution in [0.4, 0.5) is 5.82 Å². The summed E-state index contributed by atoms with van der Waals surface area (Å²) in [6.07, 6.45) is 1.65. The van der Waals surface area contributed by atoms with Gasteiger partial charge in [0.25, 0.3) is 5.91 Å². The molecule has 7 nitrogen and oxygen atoms in total. The van der Waals surface area contributed by atoms with E-state index in [0.717, 1.165) is 11.3 Å². The lowest BCUT2D eigenvalue weighted by Gasteiger charge is -2.15. The van der Waals surface area contributed by atoms with E-state index in [0.29, 0.717) is 17.1 Å². The fraction of sp³-hybridized carbons (Fsp3) is 0.261. The van der Waals surface area contributed by atoms with Crippen LogP contribution in [-0.4, -0.2) is 40.6 Å². The maximum Gasteiger partial charge on any atom is 0.260 e. The molecule has 3 aromatic rings. The molecule has 0 radical (unpaired) electrons. The normalized spacial score (nSPS) is 10.7. The van der Waals surface area contributed by atoms with Crippen molar-refractivity contribution in [3.05, 3.63) is 71.9 Å². The Morgan fingerprint density at radius 3 is 2.40 bits per heavy atom. The number of carbonyl (C=O) groups is 2. The Kier molecular flexibility index (Phi) is 6.51. The highest BCUT2D eigenvalue weighted by atomic mass is 16.5. The molecule has 7 heteroatoms. The molecular weight excluding hydrogens is 380 g/mol. The summed E-state index contributed by atoms with van der Waals surface area (Å²) in [6, 6.07) is 16.5. The van der Waals surface area contributed by atoms with Crippen LogP contribution in [0.3, 0.4) is 0 Å². The van der Waals surface area contributed by atoms with Crippen LogP contribution in [0, 0.1) is 0 Å². The minimum absolute atomic E-state index is 0.0847. The molecule has 0 spiro atoms. The molecule has 0 atom stereocenters. The molecule has 0 fully saturated rings. The van der Waals surface area contributed by atoms with Crippen molar-refractivity contribution in [3.63, 3.8) is 0 Å². The SMILES string of the molecule is CC(C)c1ccccc1Oc1ccccc1C(=O)Nc1ccn(CC(=O)N(C)C)n1. The summed E-state index contributed by atoms with van der Waals surface area (Å²) < 4.78 is 7.59. The lowest BCUT2D eigenvalue weighted by molar-refractivity contribution is -0.129. The molecule has 2 aromatic carbocycles. The molecule has 0 unspecified atom stereocenters. The largest absolute Gasteiger partial charge is 0.456 e. The first-order chi connectivity index (χ1) is 14.3. The predicted molar refractivity (Wildman–Crippen MR) is 116 cm³/mol. The van der Waals surface area contributed by atoms with Crippen LogP contribution in [0.1, 0.15) is 35.7 Å². The number of hydrogen-bond donors (Lipinski definition) is 1. The molecule has 2 amide bonds. The monoisotopic (exact) mass is 406 g/mol. The Balaban J connectivity index is 1.77. The van der Waals surface area contributed by atoms with Gasteiger partial charge in [-0.15, -0.1) is 0 Å². The average Bonchev–Trinajstić information content (AvgIpc) is 3.15. The number of anilines is 1. The van der Waals surface area contributed by atoms with Crippen molar-refractivity contribution >= 4 is 17.6 Å². The van der Waals surface area contributed by atoms with Crippen molar-refractivity contribution in [2.45, 2.75) is 26.3 Å². The van der Waals surface area contributed by atoms with E-state index >= 15 is 0 Å². The number of hydrogen-bond acceptors (Lipinski definition) is 4.